The maximum absolute atomic E-state index is 11.5. The van der Waals surface area contributed by atoms with Gasteiger partial charge in [-0.2, -0.15) is 0 Å². The lowest BCUT2D eigenvalue weighted by Crippen LogP contribution is -2.32. The third-order valence-electron chi connectivity index (χ3n) is 1.82. The highest BCUT2D eigenvalue weighted by atomic mass is 35.5. The van der Waals surface area contributed by atoms with Crippen molar-refractivity contribution in [3.8, 4) is 0 Å². The molecule has 0 bridgehead atoms. The van der Waals surface area contributed by atoms with Crippen molar-refractivity contribution in [3.63, 3.8) is 0 Å². The monoisotopic (exact) mass is 235 g/mol. The van der Waals surface area contributed by atoms with E-state index in [4.69, 9.17) is 23.2 Å². The standard InChI is InChI=1S/C8H11Cl2N3O/c1-3-4(2)11-8(14)7-12-5(9)6(10)13-7/h4H,3H2,1-2H3,(H,11,14)(H,12,13). The lowest BCUT2D eigenvalue weighted by atomic mass is 10.2. The summed E-state index contributed by atoms with van der Waals surface area (Å²) in [5.74, 6) is -0.159. The van der Waals surface area contributed by atoms with Gasteiger partial charge in [0.2, 0.25) is 0 Å². The van der Waals surface area contributed by atoms with Crippen molar-refractivity contribution >= 4 is 29.1 Å². The normalized spacial score (nSPS) is 12.6. The van der Waals surface area contributed by atoms with Crippen LogP contribution in [0.5, 0.6) is 0 Å². The Labute approximate surface area is 92.0 Å². The van der Waals surface area contributed by atoms with Gasteiger partial charge in [0, 0.05) is 6.04 Å². The number of aromatic amines is 1. The molecule has 1 heterocycles. The number of aromatic nitrogens is 2. The Morgan fingerprint density at radius 1 is 1.64 bits per heavy atom. The molecule has 1 amide bonds. The first-order valence-electron chi connectivity index (χ1n) is 4.26. The Balaban J connectivity index is 2.70. The number of hydrogen-bond donors (Lipinski definition) is 2. The van der Waals surface area contributed by atoms with Crippen LogP contribution in [0.2, 0.25) is 10.3 Å². The van der Waals surface area contributed by atoms with Crippen molar-refractivity contribution in [2.75, 3.05) is 0 Å². The van der Waals surface area contributed by atoms with E-state index in [1.165, 1.54) is 0 Å². The summed E-state index contributed by atoms with van der Waals surface area (Å²) in [6, 6.07) is 0.102. The molecule has 1 aromatic heterocycles. The number of imidazole rings is 1. The fourth-order valence-corrected chi connectivity index (χ4v) is 1.10. The van der Waals surface area contributed by atoms with E-state index < -0.39 is 0 Å². The molecule has 1 atom stereocenters. The van der Waals surface area contributed by atoms with Gasteiger partial charge in [0.05, 0.1) is 0 Å². The molecule has 0 saturated carbocycles. The largest absolute Gasteiger partial charge is 0.347 e. The first-order valence-corrected chi connectivity index (χ1v) is 5.02. The number of carbonyl (C=O) groups is 1. The fraction of sp³-hybridized carbons (Fsp3) is 0.500. The third kappa shape index (κ3) is 2.62. The number of hydrogen-bond acceptors (Lipinski definition) is 2. The van der Waals surface area contributed by atoms with Gasteiger partial charge in [-0.15, -0.1) is 0 Å². The smallest absolute Gasteiger partial charge is 0.287 e. The molecule has 2 N–H and O–H groups in total. The second kappa shape index (κ2) is 4.66. The molecule has 0 aromatic carbocycles. The summed E-state index contributed by atoms with van der Waals surface area (Å²) in [7, 11) is 0. The molecule has 6 heteroatoms. The highest BCUT2D eigenvalue weighted by Gasteiger charge is 2.14. The van der Waals surface area contributed by atoms with Gasteiger partial charge < -0.3 is 10.3 Å². The molecule has 0 aliphatic carbocycles. The molecule has 0 fully saturated rings. The lowest BCUT2D eigenvalue weighted by Gasteiger charge is -2.08. The summed E-state index contributed by atoms with van der Waals surface area (Å²) in [5, 5.41) is 3.03. The number of nitrogens with one attached hydrogen (secondary N) is 2. The molecule has 0 radical (unpaired) electrons. The van der Waals surface area contributed by atoms with Crippen molar-refractivity contribution in [1.29, 1.82) is 0 Å². The fourth-order valence-electron chi connectivity index (χ4n) is 0.832. The van der Waals surface area contributed by atoms with Crippen LogP contribution < -0.4 is 5.32 Å². The average Bonchev–Trinajstić information content (AvgIpc) is 2.47. The van der Waals surface area contributed by atoms with Crippen LogP contribution in [-0.2, 0) is 0 Å². The summed E-state index contributed by atoms with van der Waals surface area (Å²) in [6.45, 7) is 3.89. The summed E-state index contributed by atoms with van der Waals surface area (Å²) in [4.78, 5) is 17.8. The number of amides is 1. The maximum atomic E-state index is 11.5. The molecule has 1 rings (SSSR count). The van der Waals surface area contributed by atoms with E-state index in [1.54, 1.807) is 0 Å². The maximum Gasteiger partial charge on any atom is 0.287 e. The highest BCUT2D eigenvalue weighted by molar-refractivity contribution is 6.40. The zero-order valence-corrected chi connectivity index (χ0v) is 9.41. The minimum atomic E-state index is -0.298. The topological polar surface area (TPSA) is 57.8 Å². The quantitative estimate of drug-likeness (QED) is 0.845. The number of H-pyrrole nitrogens is 1. The molecule has 1 unspecified atom stereocenters. The Kier molecular flexibility index (Phi) is 3.77. The van der Waals surface area contributed by atoms with E-state index >= 15 is 0 Å². The van der Waals surface area contributed by atoms with E-state index in [-0.39, 0.29) is 28.1 Å². The zero-order valence-electron chi connectivity index (χ0n) is 7.90. The predicted octanol–water partition coefficient (Wildman–Crippen LogP) is 2.24. The minimum absolute atomic E-state index is 0.102. The molecule has 0 aliphatic rings. The van der Waals surface area contributed by atoms with Gasteiger partial charge in [0.1, 0.15) is 5.15 Å². The first kappa shape index (κ1) is 11.3. The number of rotatable bonds is 3. The van der Waals surface area contributed by atoms with Gasteiger partial charge >= 0.3 is 0 Å². The van der Waals surface area contributed by atoms with Gasteiger partial charge in [-0.3, -0.25) is 4.79 Å². The van der Waals surface area contributed by atoms with E-state index in [0.29, 0.717) is 0 Å². The Hall–Kier alpha value is -0.740. The van der Waals surface area contributed by atoms with Gasteiger partial charge in [0.15, 0.2) is 11.0 Å². The van der Waals surface area contributed by atoms with Crippen molar-refractivity contribution < 1.29 is 4.79 Å². The van der Waals surface area contributed by atoms with Gasteiger partial charge in [0.25, 0.3) is 5.91 Å². The third-order valence-corrected chi connectivity index (χ3v) is 2.47. The van der Waals surface area contributed by atoms with Crippen LogP contribution in [0.4, 0.5) is 0 Å². The summed E-state index contributed by atoms with van der Waals surface area (Å²) < 4.78 is 0. The minimum Gasteiger partial charge on any atom is -0.347 e. The van der Waals surface area contributed by atoms with Crippen LogP contribution in [0, 0.1) is 0 Å². The van der Waals surface area contributed by atoms with E-state index in [9.17, 15) is 4.79 Å². The molecule has 1 aromatic rings. The SMILES string of the molecule is CCC(C)NC(=O)c1nc(Cl)c(Cl)[nH]1. The van der Waals surface area contributed by atoms with Crippen LogP contribution in [0.3, 0.4) is 0 Å². The summed E-state index contributed by atoms with van der Waals surface area (Å²) in [5.41, 5.74) is 0. The Morgan fingerprint density at radius 3 is 2.71 bits per heavy atom. The predicted molar refractivity (Wildman–Crippen MR) is 55.8 cm³/mol. The molecule has 4 nitrogen and oxygen atoms in total. The molecule has 0 aliphatic heterocycles. The zero-order chi connectivity index (χ0) is 10.7. The molecule has 0 saturated heterocycles. The van der Waals surface area contributed by atoms with Crippen LogP contribution in [0.1, 0.15) is 30.9 Å². The van der Waals surface area contributed by atoms with Crippen molar-refractivity contribution in [2.24, 2.45) is 0 Å². The summed E-state index contributed by atoms with van der Waals surface area (Å²) in [6.07, 6.45) is 0.855. The molecular formula is C8H11Cl2N3O. The van der Waals surface area contributed by atoms with Gasteiger partial charge in [-0.25, -0.2) is 4.98 Å². The van der Waals surface area contributed by atoms with E-state index in [0.717, 1.165) is 6.42 Å². The first-order chi connectivity index (χ1) is 6.54. The number of halogens is 2. The Bertz CT molecular complexity index is 318. The van der Waals surface area contributed by atoms with Crippen LogP contribution in [0.15, 0.2) is 0 Å². The molecule has 14 heavy (non-hydrogen) atoms. The lowest BCUT2D eigenvalue weighted by molar-refractivity contribution is 0.0930. The average molecular weight is 236 g/mol. The number of nitrogens with zero attached hydrogens (tertiary/aromatic N) is 1. The van der Waals surface area contributed by atoms with Crippen molar-refractivity contribution in [3.05, 3.63) is 16.1 Å². The van der Waals surface area contributed by atoms with Crippen molar-refractivity contribution in [1.82, 2.24) is 15.3 Å². The molecule has 0 spiro atoms. The van der Waals surface area contributed by atoms with E-state index in [1.807, 2.05) is 13.8 Å². The highest BCUT2D eigenvalue weighted by Crippen LogP contribution is 2.17. The second-order valence-electron chi connectivity index (χ2n) is 2.97. The van der Waals surface area contributed by atoms with Crippen LogP contribution in [0.25, 0.3) is 0 Å². The molecule has 78 valence electrons. The Morgan fingerprint density at radius 2 is 2.29 bits per heavy atom. The van der Waals surface area contributed by atoms with Crippen LogP contribution >= 0.6 is 23.2 Å². The second-order valence-corrected chi connectivity index (χ2v) is 3.71. The molecular weight excluding hydrogens is 225 g/mol. The number of carbonyl (C=O) groups excluding carboxylic acids is 1. The van der Waals surface area contributed by atoms with E-state index in [2.05, 4.69) is 15.3 Å². The van der Waals surface area contributed by atoms with Gasteiger partial charge in [-0.05, 0) is 13.3 Å². The van der Waals surface area contributed by atoms with Crippen LogP contribution in [-0.4, -0.2) is 21.9 Å². The van der Waals surface area contributed by atoms with Gasteiger partial charge in [-0.1, -0.05) is 30.1 Å². The summed E-state index contributed by atoms with van der Waals surface area (Å²) >= 11 is 11.2. The van der Waals surface area contributed by atoms with Crippen molar-refractivity contribution in [2.45, 2.75) is 26.3 Å².